The highest BCUT2D eigenvalue weighted by Gasteiger charge is 2.53. The van der Waals surface area contributed by atoms with E-state index < -0.39 is 12.1 Å². The molecule has 2 saturated heterocycles. The van der Waals surface area contributed by atoms with E-state index in [9.17, 15) is 18.8 Å². The summed E-state index contributed by atoms with van der Waals surface area (Å²) in [7, 11) is 0. The second-order valence-electron chi connectivity index (χ2n) is 10.8. The number of nitrogens with one attached hydrogen (secondary N) is 2. The third kappa shape index (κ3) is 4.38. The first-order valence-corrected chi connectivity index (χ1v) is 13.2. The lowest BCUT2D eigenvalue weighted by molar-refractivity contribution is -0.139. The molecule has 3 aliphatic rings. The highest BCUT2D eigenvalue weighted by Crippen LogP contribution is 2.44. The van der Waals surface area contributed by atoms with E-state index in [1.54, 1.807) is 19.9 Å². The summed E-state index contributed by atoms with van der Waals surface area (Å²) in [6.07, 6.45) is 7.60. The van der Waals surface area contributed by atoms with Gasteiger partial charge in [-0.3, -0.25) is 14.4 Å². The van der Waals surface area contributed by atoms with Crippen LogP contribution in [-0.4, -0.2) is 69.8 Å². The first-order chi connectivity index (χ1) is 17.3. The predicted molar refractivity (Wildman–Crippen MR) is 134 cm³/mol. The minimum Gasteiger partial charge on any atom is -0.361 e. The fourth-order valence-corrected chi connectivity index (χ4v) is 6.72. The number of aromatic nitrogens is 1. The molecule has 3 fully saturated rings. The number of hydrogen-bond donors (Lipinski definition) is 3. The van der Waals surface area contributed by atoms with Crippen molar-refractivity contribution in [1.82, 2.24) is 20.1 Å². The summed E-state index contributed by atoms with van der Waals surface area (Å²) in [4.78, 5) is 46.3. The van der Waals surface area contributed by atoms with Gasteiger partial charge in [-0.05, 0) is 55.9 Å². The van der Waals surface area contributed by atoms with Crippen molar-refractivity contribution < 1.29 is 18.8 Å². The van der Waals surface area contributed by atoms with Gasteiger partial charge in [0.05, 0.1) is 18.1 Å². The number of benzene rings is 1. The van der Waals surface area contributed by atoms with Gasteiger partial charge >= 0.3 is 0 Å². The van der Waals surface area contributed by atoms with Crippen LogP contribution in [0.15, 0.2) is 24.4 Å². The van der Waals surface area contributed by atoms with Crippen molar-refractivity contribution in [3.8, 4) is 0 Å². The molecule has 4 N–H and O–H groups in total. The van der Waals surface area contributed by atoms with E-state index in [2.05, 4.69) is 10.3 Å². The molecule has 0 spiro atoms. The molecule has 5 unspecified atom stereocenters. The van der Waals surface area contributed by atoms with Crippen LogP contribution in [0.4, 0.5) is 4.39 Å². The number of fused-ring (bicyclic) bond motifs is 2. The summed E-state index contributed by atoms with van der Waals surface area (Å²) in [5.74, 6) is -0.759. The van der Waals surface area contributed by atoms with Gasteiger partial charge in [-0.15, -0.1) is 0 Å². The van der Waals surface area contributed by atoms with Gasteiger partial charge in [0.25, 0.3) is 0 Å². The number of halogens is 1. The molecule has 1 aromatic heterocycles. The fraction of sp³-hybridized carbons (Fsp3) is 0.593. The first-order valence-electron chi connectivity index (χ1n) is 13.2. The van der Waals surface area contributed by atoms with Gasteiger partial charge in [0.15, 0.2) is 0 Å². The molecule has 3 heterocycles. The Labute approximate surface area is 210 Å². The van der Waals surface area contributed by atoms with Gasteiger partial charge in [0.2, 0.25) is 17.7 Å². The van der Waals surface area contributed by atoms with Crippen molar-refractivity contribution >= 4 is 28.6 Å². The second-order valence-corrected chi connectivity index (χ2v) is 10.8. The van der Waals surface area contributed by atoms with E-state index in [-0.39, 0.29) is 47.5 Å². The maximum absolute atomic E-state index is 14.2. The molecule has 1 aromatic carbocycles. The van der Waals surface area contributed by atoms with Crippen LogP contribution in [0, 0.1) is 11.7 Å². The first kappa shape index (κ1) is 24.7. The molecule has 5 rings (SSSR count). The van der Waals surface area contributed by atoms with E-state index in [0.29, 0.717) is 25.0 Å². The smallest absolute Gasteiger partial charge is 0.245 e. The molecule has 3 amide bonds. The van der Waals surface area contributed by atoms with Crippen LogP contribution >= 0.6 is 0 Å². The summed E-state index contributed by atoms with van der Waals surface area (Å²) in [6, 6.07) is 3.06. The van der Waals surface area contributed by atoms with Crippen molar-refractivity contribution in [2.24, 2.45) is 11.7 Å². The highest BCUT2D eigenvalue weighted by molar-refractivity contribution is 5.91. The Balaban J connectivity index is 1.49. The summed E-state index contributed by atoms with van der Waals surface area (Å²) < 4.78 is 13.8. The highest BCUT2D eigenvalue weighted by atomic mass is 19.1. The third-order valence-corrected chi connectivity index (χ3v) is 8.49. The monoisotopic (exact) mass is 497 g/mol. The number of rotatable bonds is 5. The van der Waals surface area contributed by atoms with Gasteiger partial charge in [-0.2, -0.15) is 0 Å². The summed E-state index contributed by atoms with van der Waals surface area (Å²) in [5, 5.41) is 3.88. The van der Waals surface area contributed by atoms with Gasteiger partial charge in [-0.25, -0.2) is 4.39 Å². The zero-order valence-electron chi connectivity index (χ0n) is 21.0. The third-order valence-electron chi connectivity index (χ3n) is 8.49. The molecule has 194 valence electrons. The largest absolute Gasteiger partial charge is 0.361 e. The molecule has 5 atom stereocenters. The predicted octanol–water partition coefficient (Wildman–Crippen LogP) is 2.63. The Morgan fingerprint density at radius 3 is 2.58 bits per heavy atom. The molecule has 2 aromatic rings. The van der Waals surface area contributed by atoms with E-state index >= 15 is 0 Å². The van der Waals surface area contributed by atoms with Crippen molar-refractivity contribution in [2.45, 2.75) is 82.5 Å². The number of H-pyrrole nitrogens is 1. The number of carbonyl (C=O) groups is 3. The quantitative estimate of drug-likeness (QED) is 0.590. The minimum atomic E-state index is -0.700. The van der Waals surface area contributed by atoms with Gasteiger partial charge in [-0.1, -0.05) is 19.3 Å². The molecule has 0 bridgehead atoms. The molecular formula is C27H36FN5O3. The van der Waals surface area contributed by atoms with E-state index in [0.717, 1.165) is 43.1 Å². The number of hydrogen-bond acceptors (Lipinski definition) is 4. The minimum absolute atomic E-state index is 0.0122. The Morgan fingerprint density at radius 2 is 1.89 bits per heavy atom. The van der Waals surface area contributed by atoms with Crippen LogP contribution in [0.5, 0.6) is 0 Å². The van der Waals surface area contributed by atoms with Gasteiger partial charge in [0, 0.05) is 43.0 Å². The summed E-state index contributed by atoms with van der Waals surface area (Å²) >= 11 is 0. The van der Waals surface area contributed by atoms with Crippen LogP contribution in [0.3, 0.4) is 0 Å². The average Bonchev–Trinajstić information content (AvgIpc) is 3.56. The van der Waals surface area contributed by atoms with Gasteiger partial charge in [0.1, 0.15) is 11.9 Å². The standard InChI is InChI=1S/C27H36FN5O3/c1-15(29)26(35)31-24(17-6-4-3-5-7-17)27(36)32-11-10-23-25(32)21(14-33(23)16(2)34)20-13-30-22-12-18(28)8-9-19(20)22/h8-9,12-13,15,17,21,23-25,30H,3-7,10-11,14,29H2,1-2H3,(H,31,35). The number of likely N-dealkylation sites (tertiary alicyclic amines) is 2. The lowest BCUT2D eigenvalue weighted by atomic mass is 9.82. The SMILES string of the molecule is CC(=O)N1CC(c2c[nH]c3cc(F)ccc23)C2C1CCN2C(=O)C(NC(=O)C(C)N)C1CCCCC1. The second kappa shape index (κ2) is 9.84. The van der Waals surface area contributed by atoms with Crippen LogP contribution < -0.4 is 11.1 Å². The van der Waals surface area contributed by atoms with Crippen molar-refractivity contribution in [3.05, 3.63) is 35.8 Å². The average molecular weight is 498 g/mol. The van der Waals surface area contributed by atoms with Crippen LogP contribution in [0.25, 0.3) is 10.9 Å². The van der Waals surface area contributed by atoms with Crippen LogP contribution in [0.2, 0.25) is 0 Å². The van der Waals surface area contributed by atoms with E-state index in [1.165, 1.54) is 12.1 Å². The number of amides is 3. The van der Waals surface area contributed by atoms with Crippen molar-refractivity contribution in [1.29, 1.82) is 0 Å². The number of aromatic amines is 1. The zero-order valence-corrected chi connectivity index (χ0v) is 21.0. The molecule has 1 saturated carbocycles. The number of nitrogens with two attached hydrogens (primary N) is 1. The normalized spacial score (nSPS) is 26.2. The lowest BCUT2D eigenvalue weighted by Crippen LogP contribution is -2.57. The van der Waals surface area contributed by atoms with Crippen LogP contribution in [-0.2, 0) is 14.4 Å². The maximum Gasteiger partial charge on any atom is 0.245 e. The maximum atomic E-state index is 14.2. The molecule has 0 radical (unpaired) electrons. The molecule has 8 nitrogen and oxygen atoms in total. The van der Waals surface area contributed by atoms with Crippen molar-refractivity contribution in [2.75, 3.05) is 13.1 Å². The van der Waals surface area contributed by atoms with Crippen molar-refractivity contribution in [3.63, 3.8) is 0 Å². The Kier molecular flexibility index (Phi) is 6.76. The van der Waals surface area contributed by atoms with Gasteiger partial charge < -0.3 is 25.8 Å². The van der Waals surface area contributed by atoms with Crippen LogP contribution in [0.1, 0.15) is 63.9 Å². The van der Waals surface area contributed by atoms with E-state index in [4.69, 9.17) is 5.73 Å². The Bertz CT molecular complexity index is 1160. The molecule has 2 aliphatic heterocycles. The molecule has 1 aliphatic carbocycles. The topological polar surface area (TPSA) is 112 Å². The fourth-order valence-electron chi connectivity index (χ4n) is 6.72. The molecule has 9 heteroatoms. The number of carbonyl (C=O) groups excluding carboxylic acids is 3. The molecular weight excluding hydrogens is 461 g/mol. The number of nitrogens with zero attached hydrogens (tertiary/aromatic N) is 2. The lowest BCUT2D eigenvalue weighted by Gasteiger charge is -2.36. The zero-order chi connectivity index (χ0) is 25.6. The summed E-state index contributed by atoms with van der Waals surface area (Å²) in [5.41, 5.74) is 7.52. The van der Waals surface area contributed by atoms with E-state index in [1.807, 2.05) is 16.0 Å². The summed E-state index contributed by atoms with van der Waals surface area (Å²) in [6.45, 7) is 4.23. The molecule has 36 heavy (non-hydrogen) atoms. The Morgan fingerprint density at radius 1 is 1.14 bits per heavy atom. The Hall–Kier alpha value is -2.94.